The lowest BCUT2D eigenvalue weighted by atomic mass is 9.66. The van der Waals surface area contributed by atoms with Gasteiger partial charge in [0.15, 0.2) is 0 Å². The molecule has 3 fully saturated rings. The third-order valence-corrected chi connectivity index (χ3v) is 9.95. The third-order valence-electron chi connectivity index (χ3n) is 9.95. The number of carbonyl (C=O) groups excluding carboxylic acids is 3. The molecule has 1 N–H and O–H groups in total. The number of hydrogen-bond acceptors (Lipinski definition) is 5. The van der Waals surface area contributed by atoms with Gasteiger partial charge in [-0.2, -0.15) is 0 Å². The van der Waals surface area contributed by atoms with Gasteiger partial charge in [-0.1, -0.05) is 72.8 Å². The van der Waals surface area contributed by atoms with E-state index in [2.05, 4.69) is 13.2 Å². The minimum Gasteiger partial charge on any atom is -0.394 e. The van der Waals surface area contributed by atoms with Crippen LogP contribution in [0.25, 0.3) is 10.8 Å². The highest BCUT2D eigenvalue weighted by Crippen LogP contribution is 2.64. The van der Waals surface area contributed by atoms with Crippen LogP contribution in [0, 0.1) is 11.8 Å². The Balaban J connectivity index is 1.41. The number of hydrogen-bond donors (Lipinski definition) is 1. The monoisotopic (exact) mass is 607 g/mol. The van der Waals surface area contributed by atoms with Gasteiger partial charge in [-0.3, -0.25) is 14.4 Å². The van der Waals surface area contributed by atoms with Crippen LogP contribution >= 0.6 is 0 Å². The molecule has 45 heavy (non-hydrogen) atoms. The number of nitrogens with zero attached hydrogens (tertiary/aromatic N) is 3. The normalized spacial score (nSPS) is 27.3. The van der Waals surface area contributed by atoms with Crippen LogP contribution in [0.4, 0.5) is 5.69 Å². The van der Waals surface area contributed by atoms with Crippen molar-refractivity contribution in [2.75, 3.05) is 24.6 Å². The number of rotatable bonds is 11. The minimum atomic E-state index is -1.21. The molecule has 2 bridgehead atoms. The smallest absolute Gasteiger partial charge is 0.253 e. The second-order valence-corrected chi connectivity index (χ2v) is 12.8. The second-order valence-electron chi connectivity index (χ2n) is 12.8. The molecule has 6 atom stereocenters. The van der Waals surface area contributed by atoms with Gasteiger partial charge < -0.3 is 24.5 Å². The van der Waals surface area contributed by atoms with E-state index in [4.69, 9.17) is 4.74 Å². The fraction of sp³-hybridized carbons (Fsp3) is 0.378. The Kier molecular flexibility index (Phi) is 8.14. The summed E-state index contributed by atoms with van der Waals surface area (Å²) in [6, 6.07) is 21.8. The van der Waals surface area contributed by atoms with Gasteiger partial charge >= 0.3 is 0 Å². The number of anilines is 1. The van der Waals surface area contributed by atoms with Crippen LogP contribution in [0.2, 0.25) is 0 Å². The van der Waals surface area contributed by atoms with Crippen molar-refractivity contribution >= 4 is 34.2 Å². The van der Waals surface area contributed by atoms with E-state index >= 15 is 0 Å². The molecule has 3 aromatic rings. The maximum Gasteiger partial charge on any atom is 0.253 e. The Morgan fingerprint density at radius 1 is 1.00 bits per heavy atom. The van der Waals surface area contributed by atoms with Crippen LogP contribution in [-0.4, -0.2) is 75.6 Å². The van der Waals surface area contributed by atoms with Gasteiger partial charge in [-0.05, 0) is 55.2 Å². The predicted molar refractivity (Wildman–Crippen MR) is 174 cm³/mol. The van der Waals surface area contributed by atoms with E-state index in [0.29, 0.717) is 31.6 Å². The molecular formula is C37H41N3O5. The van der Waals surface area contributed by atoms with Gasteiger partial charge in [0, 0.05) is 25.3 Å². The van der Waals surface area contributed by atoms with E-state index in [0.717, 1.165) is 16.3 Å². The number of amides is 3. The first-order valence-corrected chi connectivity index (χ1v) is 15.7. The summed E-state index contributed by atoms with van der Waals surface area (Å²) in [7, 11) is 0. The van der Waals surface area contributed by atoms with Crippen LogP contribution in [0.3, 0.4) is 0 Å². The molecule has 3 amide bonds. The van der Waals surface area contributed by atoms with Gasteiger partial charge in [0.2, 0.25) is 11.8 Å². The van der Waals surface area contributed by atoms with Crippen LogP contribution < -0.4 is 4.90 Å². The average molecular weight is 608 g/mol. The van der Waals surface area contributed by atoms with Crippen molar-refractivity contribution in [1.29, 1.82) is 0 Å². The number of carbonyl (C=O) groups is 3. The molecule has 2 unspecified atom stereocenters. The van der Waals surface area contributed by atoms with Crippen molar-refractivity contribution in [2.45, 2.75) is 56.5 Å². The molecule has 0 aliphatic carbocycles. The summed E-state index contributed by atoms with van der Waals surface area (Å²) in [6.07, 6.45) is 4.33. The summed E-state index contributed by atoms with van der Waals surface area (Å²) in [5.41, 5.74) is -0.496. The van der Waals surface area contributed by atoms with E-state index in [1.54, 1.807) is 28.9 Å². The molecule has 8 heteroatoms. The number of benzene rings is 3. The summed E-state index contributed by atoms with van der Waals surface area (Å²) in [5.74, 6) is -2.49. The molecule has 8 nitrogen and oxygen atoms in total. The zero-order valence-corrected chi connectivity index (χ0v) is 26.0. The number of ether oxygens (including phenoxy) is 1. The number of aliphatic hydroxyl groups is 1. The van der Waals surface area contributed by atoms with Crippen LogP contribution in [-0.2, 0) is 25.7 Å². The van der Waals surface area contributed by atoms with Crippen LogP contribution in [0.5, 0.6) is 0 Å². The summed E-state index contributed by atoms with van der Waals surface area (Å²) in [5, 5.41) is 12.3. The molecule has 0 saturated carbocycles. The lowest BCUT2D eigenvalue weighted by Crippen LogP contribution is -2.58. The summed E-state index contributed by atoms with van der Waals surface area (Å²) in [4.78, 5) is 48.7. The molecule has 3 saturated heterocycles. The molecule has 3 aliphatic heterocycles. The van der Waals surface area contributed by atoms with Crippen molar-refractivity contribution in [1.82, 2.24) is 9.80 Å². The molecule has 0 radical (unpaired) electrons. The molecule has 6 rings (SSSR count). The van der Waals surface area contributed by atoms with Gasteiger partial charge in [-0.15, -0.1) is 13.2 Å². The lowest BCUT2D eigenvalue weighted by Gasteiger charge is -2.38. The topological polar surface area (TPSA) is 90.4 Å². The first-order chi connectivity index (χ1) is 21.7. The molecule has 3 heterocycles. The van der Waals surface area contributed by atoms with E-state index in [-0.39, 0.29) is 30.9 Å². The summed E-state index contributed by atoms with van der Waals surface area (Å²) >= 11 is 0. The Morgan fingerprint density at radius 3 is 2.38 bits per heavy atom. The van der Waals surface area contributed by atoms with Gasteiger partial charge in [0.25, 0.3) is 5.91 Å². The second kappa shape index (κ2) is 11.9. The summed E-state index contributed by atoms with van der Waals surface area (Å²) < 4.78 is 6.86. The van der Waals surface area contributed by atoms with Crippen LogP contribution in [0.15, 0.2) is 98.1 Å². The molecule has 234 valence electrons. The van der Waals surface area contributed by atoms with Crippen molar-refractivity contribution in [3.63, 3.8) is 0 Å². The predicted octanol–water partition coefficient (Wildman–Crippen LogP) is 4.72. The highest BCUT2D eigenvalue weighted by Gasteiger charge is 2.78. The molecule has 0 aromatic heterocycles. The molecule has 1 spiro atoms. The molecule has 3 aromatic carbocycles. The zero-order valence-electron chi connectivity index (χ0n) is 26.0. The number of likely N-dealkylation sites (tertiary alicyclic amines) is 1. The zero-order chi connectivity index (χ0) is 31.9. The van der Waals surface area contributed by atoms with Crippen molar-refractivity contribution < 1.29 is 24.2 Å². The van der Waals surface area contributed by atoms with Gasteiger partial charge in [0.1, 0.15) is 11.6 Å². The first-order valence-electron chi connectivity index (χ1n) is 15.7. The Labute approximate surface area is 264 Å². The van der Waals surface area contributed by atoms with E-state index in [1.807, 2.05) is 79.7 Å². The Hall–Kier alpha value is -4.27. The highest BCUT2D eigenvalue weighted by molar-refractivity contribution is 6.06. The standard InChI is InChI=1S/C37H41N3O5/c1-5-20-38(23-26-12-8-7-9-13-26)33(42)30-31-34(43)40(25(3)24-41)32(37(31)19-18-36(30,4)45-37)35(44)39(21-6-2)29-17-16-27-14-10-11-15-28(27)22-29/h5-17,22,25,30-32,41H,1-2,18-21,23-24H2,3-4H3/t25-,30-,31+,32?,36+,37?/m1/s1. The van der Waals surface area contributed by atoms with Crippen molar-refractivity contribution in [3.8, 4) is 0 Å². The number of fused-ring (bicyclic) bond motifs is 2. The maximum absolute atomic E-state index is 14.8. The fourth-order valence-electron chi connectivity index (χ4n) is 7.91. The lowest BCUT2D eigenvalue weighted by molar-refractivity contribution is -0.152. The average Bonchev–Trinajstić information content (AvgIpc) is 3.63. The molecule has 3 aliphatic rings. The van der Waals surface area contributed by atoms with E-state index < -0.39 is 35.1 Å². The molecular weight excluding hydrogens is 566 g/mol. The maximum atomic E-state index is 14.8. The van der Waals surface area contributed by atoms with Crippen molar-refractivity contribution in [3.05, 3.63) is 104 Å². The largest absolute Gasteiger partial charge is 0.394 e. The quantitative estimate of drug-likeness (QED) is 0.319. The van der Waals surface area contributed by atoms with Gasteiger partial charge in [-0.25, -0.2) is 0 Å². The summed E-state index contributed by atoms with van der Waals surface area (Å²) in [6.45, 7) is 12.0. The fourth-order valence-corrected chi connectivity index (χ4v) is 7.91. The van der Waals surface area contributed by atoms with E-state index in [1.165, 1.54) is 4.90 Å². The third kappa shape index (κ3) is 4.96. The highest BCUT2D eigenvalue weighted by atomic mass is 16.5. The first kappa shape index (κ1) is 30.7. The SMILES string of the molecule is C=CCN(Cc1ccccc1)C(=O)[C@H]1[C@H]2C(=O)N([C@H](C)CO)C(C(=O)N(CC=C)c3ccc4ccccc4c3)C23CC[C@]1(C)O3. The Bertz CT molecular complexity index is 1640. The minimum absolute atomic E-state index is 0.191. The van der Waals surface area contributed by atoms with Crippen molar-refractivity contribution in [2.24, 2.45) is 11.8 Å². The van der Waals surface area contributed by atoms with Gasteiger partial charge in [0.05, 0.1) is 30.1 Å². The van der Waals surface area contributed by atoms with Crippen LogP contribution in [0.1, 0.15) is 32.3 Å². The number of aliphatic hydroxyl groups excluding tert-OH is 1. The Morgan fingerprint density at radius 2 is 1.69 bits per heavy atom. The van der Waals surface area contributed by atoms with E-state index in [9.17, 15) is 19.5 Å².